The summed E-state index contributed by atoms with van der Waals surface area (Å²) in [6.45, 7) is 1.26. The van der Waals surface area contributed by atoms with Gasteiger partial charge in [-0.2, -0.15) is 0 Å². The highest BCUT2D eigenvalue weighted by atomic mass is 79.9. The van der Waals surface area contributed by atoms with Crippen molar-refractivity contribution in [2.45, 2.75) is 13.0 Å². The monoisotopic (exact) mass is 405 g/mol. The normalized spacial score (nSPS) is 16.2. The minimum atomic E-state index is -0.812. The molecule has 1 aliphatic heterocycles. The molecule has 0 radical (unpaired) electrons. The second-order valence-electron chi connectivity index (χ2n) is 5.36. The molecule has 0 bridgehead atoms. The minimum absolute atomic E-state index is 0.0252. The van der Waals surface area contributed by atoms with E-state index in [9.17, 15) is 19.7 Å². The van der Waals surface area contributed by atoms with E-state index in [1.54, 1.807) is 31.2 Å². The molecule has 25 heavy (non-hydrogen) atoms. The fourth-order valence-corrected chi connectivity index (χ4v) is 2.67. The fraction of sp³-hybridized carbons (Fsp3) is 0.188. The predicted molar refractivity (Wildman–Crippen MR) is 91.8 cm³/mol. The Bertz CT molecular complexity index is 869. The highest BCUT2D eigenvalue weighted by Crippen LogP contribution is 2.34. The molecule has 2 heterocycles. The number of hydrogen-bond acceptors (Lipinski definition) is 6. The van der Waals surface area contributed by atoms with Crippen molar-refractivity contribution >= 4 is 39.3 Å². The van der Waals surface area contributed by atoms with Gasteiger partial charge < -0.3 is 14.9 Å². The van der Waals surface area contributed by atoms with E-state index in [2.05, 4.69) is 20.9 Å². The third-order valence-electron chi connectivity index (χ3n) is 3.65. The molecule has 0 saturated heterocycles. The van der Waals surface area contributed by atoms with Crippen LogP contribution in [0.15, 0.2) is 40.9 Å². The third-order valence-corrected chi connectivity index (χ3v) is 4.18. The summed E-state index contributed by atoms with van der Waals surface area (Å²) in [5, 5.41) is 10.9. The molecule has 0 N–H and O–H groups in total. The number of rotatable bonds is 4. The number of anilines is 1. The highest BCUT2D eigenvalue weighted by Gasteiger charge is 2.37. The van der Waals surface area contributed by atoms with Crippen LogP contribution in [-0.2, 0) is 4.79 Å². The van der Waals surface area contributed by atoms with E-state index >= 15 is 0 Å². The molecule has 128 valence electrons. The van der Waals surface area contributed by atoms with Crippen molar-refractivity contribution < 1.29 is 19.2 Å². The van der Waals surface area contributed by atoms with Gasteiger partial charge in [-0.15, -0.1) is 0 Å². The van der Waals surface area contributed by atoms with Gasteiger partial charge in [0.15, 0.2) is 17.6 Å². The van der Waals surface area contributed by atoms with Gasteiger partial charge in [0, 0.05) is 16.1 Å². The Balaban J connectivity index is 1.95. The lowest BCUT2D eigenvalue weighted by Crippen LogP contribution is -2.47. The first-order chi connectivity index (χ1) is 11.9. The maximum atomic E-state index is 12.5. The number of hydrogen-bond donors (Lipinski definition) is 0. The zero-order valence-electron chi connectivity index (χ0n) is 13.0. The van der Waals surface area contributed by atoms with Gasteiger partial charge in [0.05, 0.1) is 6.54 Å². The van der Waals surface area contributed by atoms with Crippen LogP contribution in [0.1, 0.15) is 17.3 Å². The molecular weight excluding hydrogens is 394 g/mol. The third kappa shape index (κ3) is 3.36. The number of benzene rings is 1. The van der Waals surface area contributed by atoms with Gasteiger partial charge in [-0.05, 0) is 35.0 Å². The predicted octanol–water partition coefficient (Wildman–Crippen LogP) is 2.75. The van der Waals surface area contributed by atoms with Crippen LogP contribution in [0, 0.1) is 10.1 Å². The molecule has 2 aromatic rings. The molecule has 0 aliphatic carbocycles. The number of carbonyl (C=O) groups is 2. The molecule has 1 atom stereocenters. The van der Waals surface area contributed by atoms with E-state index in [1.165, 1.54) is 12.1 Å². The average Bonchev–Trinajstić information content (AvgIpc) is 2.59. The van der Waals surface area contributed by atoms with Crippen LogP contribution in [0.5, 0.6) is 5.75 Å². The zero-order valence-corrected chi connectivity index (χ0v) is 14.6. The van der Waals surface area contributed by atoms with Crippen molar-refractivity contribution in [3.63, 3.8) is 0 Å². The summed E-state index contributed by atoms with van der Waals surface area (Å²) in [4.78, 5) is 40.2. The molecule has 1 aliphatic rings. The molecule has 9 heteroatoms. The summed E-state index contributed by atoms with van der Waals surface area (Å²) in [6, 6.07) is 9.25. The van der Waals surface area contributed by atoms with E-state index in [-0.39, 0.29) is 23.9 Å². The van der Waals surface area contributed by atoms with Crippen LogP contribution in [0.4, 0.5) is 11.6 Å². The Kier molecular flexibility index (Phi) is 4.49. The van der Waals surface area contributed by atoms with Crippen LogP contribution in [0.2, 0.25) is 0 Å². The van der Waals surface area contributed by atoms with Crippen molar-refractivity contribution in [1.29, 1.82) is 0 Å². The van der Waals surface area contributed by atoms with E-state index < -0.39 is 22.8 Å². The van der Waals surface area contributed by atoms with Crippen LogP contribution in [-0.4, -0.2) is 34.2 Å². The number of amides is 1. The number of pyridine rings is 1. The van der Waals surface area contributed by atoms with Crippen molar-refractivity contribution in [3.8, 4) is 5.75 Å². The van der Waals surface area contributed by atoms with Gasteiger partial charge in [-0.25, -0.2) is 0 Å². The van der Waals surface area contributed by atoms with E-state index in [1.807, 2.05) is 0 Å². The molecule has 8 nitrogen and oxygen atoms in total. The second-order valence-corrected chi connectivity index (χ2v) is 6.28. The Hall–Kier alpha value is -2.81. The molecule has 0 fully saturated rings. The van der Waals surface area contributed by atoms with Crippen molar-refractivity contribution in [2.24, 2.45) is 0 Å². The molecule has 3 rings (SSSR count). The first kappa shape index (κ1) is 17.0. The number of carbonyl (C=O) groups excluding carboxylic acids is 2. The maximum Gasteiger partial charge on any atom is 0.366 e. The lowest BCUT2D eigenvalue weighted by molar-refractivity contribution is -0.389. The zero-order chi connectivity index (χ0) is 18.1. The number of ketones is 1. The summed E-state index contributed by atoms with van der Waals surface area (Å²) in [7, 11) is 0. The summed E-state index contributed by atoms with van der Waals surface area (Å²) in [5.41, 5.74) is 0.419. The van der Waals surface area contributed by atoms with Crippen LogP contribution >= 0.6 is 15.9 Å². The first-order valence-electron chi connectivity index (χ1n) is 7.29. The van der Waals surface area contributed by atoms with Gasteiger partial charge in [0.2, 0.25) is 0 Å². The number of fused-ring (bicyclic) bond motifs is 1. The van der Waals surface area contributed by atoms with E-state index in [0.29, 0.717) is 5.56 Å². The topological polar surface area (TPSA) is 103 Å². The molecule has 1 aromatic carbocycles. The first-order valence-corrected chi connectivity index (χ1v) is 8.08. The van der Waals surface area contributed by atoms with Crippen molar-refractivity contribution in [2.75, 3.05) is 11.4 Å². The molecule has 0 saturated carbocycles. The number of nitrogens with zero attached hydrogens (tertiary/aromatic N) is 3. The van der Waals surface area contributed by atoms with Gasteiger partial charge in [-0.3, -0.25) is 14.5 Å². The number of halogens is 1. The van der Waals surface area contributed by atoms with Crippen LogP contribution < -0.4 is 9.64 Å². The second kappa shape index (κ2) is 6.60. The summed E-state index contributed by atoms with van der Waals surface area (Å²) in [6.07, 6.45) is -0.812. The quantitative estimate of drug-likeness (QED) is 0.440. The average molecular weight is 406 g/mol. The van der Waals surface area contributed by atoms with Crippen molar-refractivity contribution in [3.05, 3.63) is 56.5 Å². The number of aromatic nitrogens is 1. The molecule has 1 amide bonds. The summed E-state index contributed by atoms with van der Waals surface area (Å²) in [5.74, 6) is -1.02. The Morgan fingerprint density at radius 3 is 2.64 bits per heavy atom. The van der Waals surface area contributed by atoms with Crippen molar-refractivity contribution in [1.82, 2.24) is 4.98 Å². The largest absolute Gasteiger partial charge is 0.475 e. The Morgan fingerprint density at radius 2 is 2.00 bits per heavy atom. The van der Waals surface area contributed by atoms with Crippen LogP contribution in [0.3, 0.4) is 0 Å². The minimum Gasteiger partial charge on any atom is -0.475 e. The van der Waals surface area contributed by atoms with Gasteiger partial charge in [0.25, 0.3) is 11.7 Å². The number of ether oxygens (including phenoxy) is 1. The molecule has 1 aromatic heterocycles. The SMILES string of the molecule is CC1Oc2ccc([N+](=O)[O-])nc2N(CC(=O)c2ccc(Br)cc2)C1=O. The van der Waals surface area contributed by atoms with E-state index in [4.69, 9.17) is 4.74 Å². The van der Waals surface area contributed by atoms with Gasteiger partial charge in [-0.1, -0.05) is 28.1 Å². The molecule has 0 spiro atoms. The fourth-order valence-electron chi connectivity index (χ4n) is 2.40. The lowest BCUT2D eigenvalue weighted by atomic mass is 10.1. The summed E-state index contributed by atoms with van der Waals surface area (Å²) < 4.78 is 6.24. The standard InChI is InChI=1S/C16H12BrN3O5/c1-9-16(22)19(8-12(21)10-2-4-11(17)5-3-10)15-13(25-9)6-7-14(18-15)20(23)24/h2-7,9H,8H2,1H3. The smallest absolute Gasteiger partial charge is 0.366 e. The highest BCUT2D eigenvalue weighted by molar-refractivity contribution is 9.10. The number of nitro groups is 1. The van der Waals surface area contributed by atoms with Gasteiger partial charge >= 0.3 is 5.82 Å². The Morgan fingerprint density at radius 1 is 1.32 bits per heavy atom. The number of Topliss-reactive ketones (excluding diaryl/α,β-unsaturated/α-hetero) is 1. The summed E-state index contributed by atoms with van der Waals surface area (Å²) >= 11 is 3.29. The maximum absolute atomic E-state index is 12.5. The molecular formula is C16H12BrN3O5. The van der Waals surface area contributed by atoms with E-state index in [0.717, 1.165) is 9.37 Å². The van der Waals surface area contributed by atoms with Crippen LogP contribution in [0.25, 0.3) is 0 Å². The Labute approximate surface area is 150 Å². The lowest BCUT2D eigenvalue weighted by Gasteiger charge is -2.28. The van der Waals surface area contributed by atoms with Gasteiger partial charge in [0.1, 0.15) is 0 Å². The molecule has 1 unspecified atom stereocenters.